The van der Waals surface area contributed by atoms with Gasteiger partial charge < -0.3 is 15.4 Å². The molecule has 0 aliphatic heterocycles. The fourth-order valence-corrected chi connectivity index (χ4v) is 2.38. The van der Waals surface area contributed by atoms with Gasteiger partial charge in [0.1, 0.15) is 0 Å². The van der Waals surface area contributed by atoms with Gasteiger partial charge in [-0.2, -0.15) is 0 Å². The van der Waals surface area contributed by atoms with E-state index in [2.05, 4.69) is 36.4 Å². The Morgan fingerprint density at radius 3 is 2.29 bits per heavy atom. The Kier molecular flexibility index (Phi) is 12.5. The average Bonchev–Trinajstić information content (AvgIpc) is 2.70. The Morgan fingerprint density at radius 2 is 1.76 bits per heavy atom. The van der Waals surface area contributed by atoms with Crippen molar-refractivity contribution in [1.29, 1.82) is 0 Å². The van der Waals surface area contributed by atoms with E-state index in [1.54, 1.807) is 0 Å². The number of guanidine groups is 1. The molecule has 0 heterocycles. The SMILES string of the molecule is CN=C(NCCOC1CCCCCC1)NC(C)C(C)C.I. The van der Waals surface area contributed by atoms with Crippen molar-refractivity contribution in [3.8, 4) is 0 Å². The normalized spacial score (nSPS) is 18.8. The molecule has 1 fully saturated rings. The van der Waals surface area contributed by atoms with Crippen molar-refractivity contribution in [3.05, 3.63) is 0 Å². The zero-order chi connectivity index (χ0) is 14.8. The Labute approximate surface area is 147 Å². The summed E-state index contributed by atoms with van der Waals surface area (Å²) in [6, 6.07) is 0.420. The maximum absolute atomic E-state index is 5.96. The number of hydrogen-bond acceptors (Lipinski definition) is 2. The van der Waals surface area contributed by atoms with Gasteiger partial charge >= 0.3 is 0 Å². The lowest BCUT2D eigenvalue weighted by atomic mass is 10.1. The molecule has 0 aromatic heterocycles. The standard InChI is InChI=1S/C16H33N3O.HI/c1-13(2)14(3)19-16(17-4)18-11-12-20-15-9-7-5-6-8-10-15;/h13-15H,5-12H2,1-4H3,(H2,17,18,19);1H. The summed E-state index contributed by atoms with van der Waals surface area (Å²) in [5.41, 5.74) is 0. The number of hydrogen-bond donors (Lipinski definition) is 2. The minimum absolute atomic E-state index is 0. The van der Waals surface area contributed by atoms with Crippen LogP contribution in [-0.2, 0) is 4.74 Å². The molecule has 0 saturated heterocycles. The van der Waals surface area contributed by atoms with Crippen LogP contribution < -0.4 is 10.6 Å². The highest BCUT2D eigenvalue weighted by Crippen LogP contribution is 2.19. The summed E-state index contributed by atoms with van der Waals surface area (Å²) in [6.07, 6.45) is 8.35. The first-order chi connectivity index (χ1) is 9.63. The molecule has 1 aliphatic carbocycles. The molecule has 1 rings (SSSR count). The van der Waals surface area contributed by atoms with Gasteiger partial charge in [0, 0.05) is 19.6 Å². The van der Waals surface area contributed by atoms with Crippen molar-refractivity contribution < 1.29 is 4.74 Å². The third kappa shape index (κ3) is 9.55. The molecule has 1 unspecified atom stereocenters. The highest BCUT2D eigenvalue weighted by Gasteiger charge is 2.12. The van der Waals surface area contributed by atoms with Crippen LogP contribution in [0.4, 0.5) is 0 Å². The molecule has 1 atom stereocenters. The van der Waals surface area contributed by atoms with Crippen molar-refractivity contribution in [2.45, 2.75) is 71.4 Å². The van der Waals surface area contributed by atoms with Crippen LogP contribution in [0.3, 0.4) is 0 Å². The van der Waals surface area contributed by atoms with E-state index in [-0.39, 0.29) is 24.0 Å². The summed E-state index contributed by atoms with van der Waals surface area (Å²) in [4.78, 5) is 4.25. The van der Waals surface area contributed by atoms with Crippen LogP contribution >= 0.6 is 24.0 Å². The van der Waals surface area contributed by atoms with Gasteiger partial charge in [-0.15, -0.1) is 24.0 Å². The van der Waals surface area contributed by atoms with E-state index in [9.17, 15) is 0 Å². The third-order valence-electron chi connectivity index (χ3n) is 4.14. The first kappa shape index (κ1) is 21.0. The summed E-state index contributed by atoms with van der Waals surface area (Å²) in [6.45, 7) is 8.18. The molecule has 0 aromatic carbocycles. The van der Waals surface area contributed by atoms with E-state index in [1.165, 1.54) is 38.5 Å². The molecule has 5 heteroatoms. The Hall–Kier alpha value is -0.0400. The van der Waals surface area contributed by atoms with Gasteiger partial charge in [0.15, 0.2) is 5.96 Å². The monoisotopic (exact) mass is 411 g/mol. The molecular formula is C16H34IN3O. The van der Waals surface area contributed by atoms with Crippen LogP contribution in [0.2, 0.25) is 0 Å². The van der Waals surface area contributed by atoms with E-state index in [0.29, 0.717) is 18.1 Å². The lowest BCUT2D eigenvalue weighted by molar-refractivity contribution is 0.0468. The molecule has 0 bridgehead atoms. The quantitative estimate of drug-likeness (QED) is 0.231. The molecule has 1 aliphatic rings. The maximum Gasteiger partial charge on any atom is 0.191 e. The zero-order valence-electron chi connectivity index (χ0n) is 14.2. The van der Waals surface area contributed by atoms with E-state index in [0.717, 1.165) is 19.1 Å². The lowest BCUT2D eigenvalue weighted by Gasteiger charge is -2.21. The molecular weight excluding hydrogens is 377 g/mol. The van der Waals surface area contributed by atoms with Crippen LogP contribution in [0.5, 0.6) is 0 Å². The molecule has 126 valence electrons. The molecule has 1 saturated carbocycles. The molecule has 21 heavy (non-hydrogen) atoms. The van der Waals surface area contributed by atoms with Crippen LogP contribution in [0, 0.1) is 5.92 Å². The second kappa shape index (κ2) is 12.5. The fourth-order valence-electron chi connectivity index (χ4n) is 2.38. The molecule has 0 aromatic rings. The molecule has 0 amide bonds. The first-order valence-corrected chi connectivity index (χ1v) is 8.22. The summed E-state index contributed by atoms with van der Waals surface area (Å²) in [5.74, 6) is 1.46. The highest BCUT2D eigenvalue weighted by molar-refractivity contribution is 14.0. The number of nitrogens with zero attached hydrogens (tertiary/aromatic N) is 1. The van der Waals surface area contributed by atoms with Crippen molar-refractivity contribution in [3.63, 3.8) is 0 Å². The van der Waals surface area contributed by atoms with Crippen LogP contribution in [-0.4, -0.2) is 38.3 Å². The van der Waals surface area contributed by atoms with E-state index < -0.39 is 0 Å². The lowest BCUT2D eigenvalue weighted by Crippen LogP contribution is -2.45. The third-order valence-corrected chi connectivity index (χ3v) is 4.14. The van der Waals surface area contributed by atoms with Gasteiger partial charge in [0.2, 0.25) is 0 Å². The fraction of sp³-hybridized carbons (Fsp3) is 0.938. The van der Waals surface area contributed by atoms with E-state index in [4.69, 9.17) is 4.74 Å². The summed E-state index contributed by atoms with van der Waals surface area (Å²) < 4.78 is 5.96. The maximum atomic E-state index is 5.96. The van der Waals surface area contributed by atoms with Gasteiger partial charge in [-0.1, -0.05) is 39.5 Å². The molecule has 0 radical (unpaired) electrons. The molecule has 2 N–H and O–H groups in total. The van der Waals surface area contributed by atoms with Gasteiger partial charge in [0.05, 0.1) is 12.7 Å². The molecule has 4 nitrogen and oxygen atoms in total. The predicted molar refractivity (Wildman–Crippen MR) is 102 cm³/mol. The van der Waals surface area contributed by atoms with Gasteiger partial charge in [-0.3, -0.25) is 4.99 Å². The van der Waals surface area contributed by atoms with Crippen molar-refractivity contribution in [2.24, 2.45) is 10.9 Å². The Morgan fingerprint density at radius 1 is 1.14 bits per heavy atom. The average molecular weight is 411 g/mol. The van der Waals surface area contributed by atoms with Crippen molar-refractivity contribution in [2.75, 3.05) is 20.2 Å². The van der Waals surface area contributed by atoms with E-state index in [1.807, 2.05) is 7.05 Å². The number of halogens is 1. The Bertz CT molecular complexity index is 277. The molecule has 0 spiro atoms. The van der Waals surface area contributed by atoms with E-state index >= 15 is 0 Å². The number of aliphatic imine (C=N–C) groups is 1. The van der Waals surface area contributed by atoms with Gasteiger partial charge in [-0.25, -0.2) is 0 Å². The smallest absolute Gasteiger partial charge is 0.191 e. The minimum atomic E-state index is 0. The van der Waals surface area contributed by atoms with Crippen LogP contribution in [0.25, 0.3) is 0 Å². The second-order valence-corrected chi connectivity index (χ2v) is 6.16. The minimum Gasteiger partial charge on any atom is -0.376 e. The van der Waals surface area contributed by atoms with Gasteiger partial charge in [0.25, 0.3) is 0 Å². The highest BCUT2D eigenvalue weighted by atomic mass is 127. The Balaban J connectivity index is 0.00000400. The number of ether oxygens (including phenoxy) is 1. The largest absolute Gasteiger partial charge is 0.376 e. The van der Waals surface area contributed by atoms with Crippen molar-refractivity contribution >= 4 is 29.9 Å². The number of rotatable bonds is 6. The summed E-state index contributed by atoms with van der Waals surface area (Å²) in [5, 5.41) is 6.72. The topological polar surface area (TPSA) is 45.7 Å². The predicted octanol–water partition coefficient (Wildman–Crippen LogP) is 3.55. The zero-order valence-corrected chi connectivity index (χ0v) is 16.5. The summed E-state index contributed by atoms with van der Waals surface area (Å²) >= 11 is 0. The second-order valence-electron chi connectivity index (χ2n) is 6.16. The number of nitrogens with one attached hydrogen (secondary N) is 2. The van der Waals surface area contributed by atoms with Crippen LogP contribution in [0.15, 0.2) is 4.99 Å². The van der Waals surface area contributed by atoms with Crippen molar-refractivity contribution in [1.82, 2.24) is 10.6 Å². The van der Waals surface area contributed by atoms with Gasteiger partial charge in [-0.05, 0) is 25.7 Å². The summed E-state index contributed by atoms with van der Waals surface area (Å²) in [7, 11) is 1.81. The van der Waals surface area contributed by atoms with Crippen LogP contribution in [0.1, 0.15) is 59.3 Å². The first-order valence-electron chi connectivity index (χ1n) is 8.22.